The second kappa shape index (κ2) is 6.92. The van der Waals surface area contributed by atoms with Crippen LogP contribution in [-0.4, -0.2) is 41.8 Å². The molecule has 3 heteroatoms. The number of aryl methyl sites for hydroxylation is 1. The zero-order chi connectivity index (χ0) is 13.7. The van der Waals surface area contributed by atoms with Crippen molar-refractivity contribution >= 4 is 0 Å². The van der Waals surface area contributed by atoms with Gasteiger partial charge in [0, 0.05) is 12.6 Å². The highest BCUT2D eigenvalue weighted by Crippen LogP contribution is 2.17. The molecular weight excluding hydrogens is 238 g/mol. The lowest BCUT2D eigenvalue weighted by Gasteiger charge is -2.34. The fourth-order valence-electron chi connectivity index (χ4n) is 2.58. The van der Waals surface area contributed by atoms with Crippen molar-refractivity contribution in [1.82, 2.24) is 4.90 Å². The van der Waals surface area contributed by atoms with Crippen LogP contribution in [0.2, 0.25) is 0 Å². The van der Waals surface area contributed by atoms with Gasteiger partial charge in [-0.05, 0) is 45.4 Å². The number of aliphatic hydroxyl groups excluding tert-OH is 1. The minimum atomic E-state index is -0.415. The highest BCUT2D eigenvalue weighted by Gasteiger charge is 2.20. The first-order valence-corrected chi connectivity index (χ1v) is 7.27. The van der Waals surface area contributed by atoms with Gasteiger partial charge in [-0.2, -0.15) is 0 Å². The Kier molecular flexibility index (Phi) is 5.23. The van der Waals surface area contributed by atoms with Crippen LogP contribution in [0.5, 0.6) is 5.75 Å². The highest BCUT2D eigenvalue weighted by molar-refractivity contribution is 5.26. The van der Waals surface area contributed by atoms with Crippen molar-refractivity contribution in [3.63, 3.8) is 0 Å². The lowest BCUT2D eigenvalue weighted by Crippen LogP contribution is -2.43. The lowest BCUT2D eigenvalue weighted by atomic mass is 10.0. The van der Waals surface area contributed by atoms with Gasteiger partial charge in [-0.3, -0.25) is 4.90 Å². The van der Waals surface area contributed by atoms with Crippen LogP contribution in [-0.2, 0) is 0 Å². The number of likely N-dealkylation sites (tertiary alicyclic amines) is 1. The van der Waals surface area contributed by atoms with Gasteiger partial charge in [0.2, 0.25) is 0 Å². The van der Waals surface area contributed by atoms with Crippen molar-refractivity contribution in [3.8, 4) is 5.75 Å². The number of benzene rings is 1. The molecule has 1 N–H and O–H groups in total. The SMILES string of the molecule is Cc1ccc(OC[C@@H](O)CN2CCCC[C@@H]2C)cc1. The minimum Gasteiger partial charge on any atom is -0.491 e. The number of hydrogen-bond acceptors (Lipinski definition) is 3. The summed E-state index contributed by atoms with van der Waals surface area (Å²) in [6.07, 6.45) is 3.39. The number of rotatable bonds is 5. The van der Waals surface area contributed by atoms with Gasteiger partial charge in [-0.1, -0.05) is 24.1 Å². The van der Waals surface area contributed by atoms with Crippen molar-refractivity contribution in [2.75, 3.05) is 19.7 Å². The fraction of sp³-hybridized carbons (Fsp3) is 0.625. The number of ether oxygens (including phenoxy) is 1. The van der Waals surface area contributed by atoms with Crippen LogP contribution in [0.1, 0.15) is 31.7 Å². The lowest BCUT2D eigenvalue weighted by molar-refractivity contribution is 0.0438. The summed E-state index contributed by atoms with van der Waals surface area (Å²) < 4.78 is 5.62. The van der Waals surface area contributed by atoms with Crippen LogP contribution in [0, 0.1) is 6.92 Å². The van der Waals surface area contributed by atoms with Gasteiger partial charge in [0.25, 0.3) is 0 Å². The van der Waals surface area contributed by atoms with Crippen LogP contribution in [0.15, 0.2) is 24.3 Å². The van der Waals surface area contributed by atoms with Gasteiger partial charge >= 0.3 is 0 Å². The molecule has 1 aliphatic heterocycles. The normalized spacial score (nSPS) is 22.2. The average Bonchev–Trinajstić information content (AvgIpc) is 2.41. The number of β-amino-alcohol motifs (C(OH)–C–C–N with tert-alkyl or cyclic N) is 1. The van der Waals surface area contributed by atoms with E-state index in [0.29, 0.717) is 19.2 Å². The third-order valence-corrected chi connectivity index (χ3v) is 3.85. The number of aliphatic hydroxyl groups is 1. The second-order valence-corrected chi connectivity index (χ2v) is 5.62. The Bertz CT molecular complexity index is 377. The van der Waals surface area contributed by atoms with E-state index in [-0.39, 0.29) is 0 Å². The molecule has 2 rings (SSSR count). The van der Waals surface area contributed by atoms with Gasteiger partial charge in [0.05, 0.1) is 0 Å². The van der Waals surface area contributed by atoms with Gasteiger partial charge in [-0.15, -0.1) is 0 Å². The zero-order valence-corrected chi connectivity index (χ0v) is 12.0. The van der Waals surface area contributed by atoms with Crippen molar-refractivity contribution in [2.24, 2.45) is 0 Å². The molecule has 0 bridgehead atoms. The van der Waals surface area contributed by atoms with E-state index in [0.717, 1.165) is 12.3 Å². The number of nitrogens with zero attached hydrogens (tertiary/aromatic N) is 1. The molecule has 1 aliphatic rings. The van der Waals surface area contributed by atoms with E-state index in [4.69, 9.17) is 4.74 Å². The molecule has 0 radical (unpaired) electrons. The molecule has 3 nitrogen and oxygen atoms in total. The predicted octanol–water partition coefficient (Wildman–Crippen LogP) is 2.61. The molecule has 0 saturated carbocycles. The molecular formula is C16H25NO2. The second-order valence-electron chi connectivity index (χ2n) is 5.62. The van der Waals surface area contributed by atoms with Crippen LogP contribution >= 0.6 is 0 Å². The zero-order valence-electron chi connectivity index (χ0n) is 12.0. The fourth-order valence-corrected chi connectivity index (χ4v) is 2.58. The van der Waals surface area contributed by atoms with E-state index in [9.17, 15) is 5.11 Å². The van der Waals surface area contributed by atoms with Crippen LogP contribution in [0.25, 0.3) is 0 Å². The third kappa shape index (κ3) is 4.51. The van der Waals surface area contributed by atoms with E-state index in [1.807, 2.05) is 24.3 Å². The summed E-state index contributed by atoms with van der Waals surface area (Å²) in [5.41, 5.74) is 1.22. The van der Waals surface area contributed by atoms with Gasteiger partial charge < -0.3 is 9.84 Å². The first-order chi connectivity index (χ1) is 9.15. The number of piperidine rings is 1. The topological polar surface area (TPSA) is 32.7 Å². The smallest absolute Gasteiger partial charge is 0.119 e. The van der Waals surface area contributed by atoms with E-state index < -0.39 is 6.10 Å². The Labute approximate surface area is 116 Å². The standard InChI is InChI=1S/C16H25NO2/c1-13-6-8-16(9-7-13)19-12-15(18)11-17-10-4-3-5-14(17)2/h6-9,14-15,18H,3-5,10-12H2,1-2H3/t14-,15-/m0/s1. The van der Waals surface area contributed by atoms with Crippen molar-refractivity contribution in [2.45, 2.75) is 45.3 Å². The molecule has 0 aliphatic carbocycles. The van der Waals surface area contributed by atoms with Crippen LogP contribution in [0.4, 0.5) is 0 Å². The predicted molar refractivity (Wildman–Crippen MR) is 77.6 cm³/mol. The maximum atomic E-state index is 10.1. The van der Waals surface area contributed by atoms with Gasteiger partial charge in [0.1, 0.15) is 18.5 Å². The average molecular weight is 263 g/mol. The monoisotopic (exact) mass is 263 g/mol. The van der Waals surface area contributed by atoms with E-state index in [1.54, 1.807) is 0 Å². The first kappa shape index (κ1) is 14.4. The Morgan fingerprint density at radius 1 is 1.32 bits per heavy atom. The molecule has 1 aromatic rings. The summed E-state index contributed by atoms with van der Waals surface area (Å²) in [5.74, 6) is 0.830. The molecule has 2 atom stereocenters. The van der Waals surface area contributed by atoms with Gasteiger partial charge in [-0.25, -0.2) is 0 Å². The molecule has 0 aromatic heterocycles. The van der Waals surface area contributed by atoms with E-state index in [1.165, 1.54) is 24.8 Å². The summed E-state index contributed by atoms with van der Waals surface area (Å²) in [5, 5.41) is 10.1. The molecule has 1 aromatic carbocycles. The van der Waals surface area contributed by atoms with E-state index >= 15 is 0 Å². The summed E-state index contributed by atoms with van der Waals surface area (Å²) >= 11 is 0. The third-order valence-electron chi connectivity index (χ3n) is 3.85. The molecule has 0 spiro atoms. The largest absolute Gasteiger partial charge is 0.491 e. The van der Waals surface area contributed by atoms with Crippen LogP contribution < -0.4 is 4.74 Å². The quantitative estimate of drug-likeness (QED) is 0.886. The summed E-state index contributed by atoms with van der Waals surface area (Å²) in [7, 11) is 0. The highest BCUT2D eigenvalue weighted by atomic mass is 16.5. The van der Waals surface area contributed by atoms with Crippen molar-refractivity contribution in [3.05, 3.63) is 29.8 Å². The molecule has 106 valence electrons. The Balaban J connectivity index is 1.74. The molecule has 0 unspecified atom stereocenters. The van der Waals surface area contributed by atoms with Gasteiger partial charge in [0.15, 0.2) is 0 Å². The maximum absolute atomic E-state index is 10.1. The summed E-state index contributed by atoms with van der Waals surface area (Å²) in [6, 6.07) is 8.53. The Morgan fingerprint density at radius 3 is 2.74 bits per heavy atom. The first-order valence-electron chi connectivity index (χ1n) is 7.27. The van der Waals surface area contributed by atoms with Crippen molar-refractivity contribution in [1.29, 1.82) is 0 Å². The minimum absolute atomic E-state index is 0.367. The Morgan fingerprint density at radius 2 is 2.05 bits per heavy atom. The Hall–Kier alpha value is -1.06. The maximum Gasteiger partial charge on any atom is 0.119 e. The van der Waals surface area contributed by atoms with Crippen molar-refractivity contribution < 1.29 is 9.84 Å². The molecule has 0 amide bonds. The summed E-state index contributed by atoms with van der Waals surface area (Å²) in [4.78, 5) is 2.37. The van der Waals surface area contributed by atoms with E-state index in [2.05, 4.69) is 18.7 Å². The molecule has 1 heterocycles. The summed E-state index contributed by atoms with van der Waals surface area (Å²) in [6.45, 7) is 6.48. The molecule has 1 fully saturated rings. The molecule has 1 saturated heterocycles. The number of hydrogen-bond donors (Lipinski definition) is 1. The molecule has 19 heavy (non-hydrogen) atoms. The van der Waals surface area contributed by atoms with Crippen LogP contribution in [0.3, 0.4) is 0 Å².